The number of halogens is 3. The largest absolute Gasteiger partial charge is 0.423 e. The molecule has 32 heavy (non-hydrogen) atoms. The van der Waals surface area contributed by atoms with E-state index in [1.165, 1.54) is 6.08 Å². The molecular formula is C27H35BrF2OSi. The van der Waals surface area contributed by atoms with Crippen molar-refractivity contribution < 1.29 is 13.2 Å². The molecule has 0 aliphatic rings. The molecule has 5 heteroatoms. The molecule has 0 saturated carbocycles. The van der Waals surface area contributed by atoms with Crippen LogP contribution in [0.25, 0.3) is 0 Å². The Hall–Kier alpha value is -1.56. The first-order chi connectivity index (χ1) is 15.2. The summed E-state index contributed by atoms with van der Waals surface area (Å²) in [5.41, 5.74) is 1.92. The Morgan fingerprint density at radius 1 is 0.875 bits per heavy atom. The average Bonchev–Trinajstić information content (AvgIpc) is 2.77. The summed E-state index contributed by atoms with van der Waals surface area (Å²) in [5.74, 6) is -0.622. The van der Waals surface area contributed by atoms with Crippen LogP contribution in [0.1, 0.15) is 64.0 Å². The summed E-state index contributed by atoms with van der Waals surface area (Å²) < 4.78 is 34.1. The maximum Gasteiger partial charge on any atom is 0.166 e. The summed E-state index contributed by atoms with van der Waals surface area (Å²) in [6, 6.07) is 19.5. The van der Waals surface area contributed by atoms with E-state index in [-0.39, 0.29) is 24.5 Å². The minimum atomic E-state index is -0.702. The molecule has 0 aliphatic heterocycles. The minimum absolute atomic E-state index is 0.0219. The van der Waals surface area contributed by atoms with Gasteiger partial charge in [0.05, 0.1) is 16.0 Å². The van der Waals surface area contributed by atoms with Gasteiger partial charge in [0.1, 0.15) is 0 Å². The highest BCUT2D eigenvalue weighted by Crippen LogP contribution is 2.44. The first-order valence-electron chi connectivity index (χ1n) is 11.3. The van der Waals surface area contributed by atoms with Crippen LogP contribution in [0.5, 0.6) is 0 Å². The van der Waals surface area contributed by atoms with Gasteiger partial charge in [-0.15, -0.1) is 0 Å². The Morgan fingerprint density at radius 3 is 1.97 bits per heavy atom. The highest BCUT2D eigenvalue weighted by atomic mass is 79.9. The lowest BCUT2D eigenvalue weighted by molar-refractivity contribution is 0.310. The molecule has 0 bridgehead atoms. The van der Waals surface area contributed by atoms with Gasteiger partial charge < -0.3 is 4.43 Å². The van der Waals surface area contributed by atoms with Gasteiger partial charge in [-0.3, -0.25) is 0 Å². The van der Waals surface area contributed by atoms with Crippen LogP contribution < -0.4 is 0 Å². The summed E-state index contributed by atoms with van der Waals surface area (Å²) in [6.07, 6.45) is 5.47. The second-order valence-electron chi connectivity index (χ2n) is 9.33. The number of hydrogen-bond acceptors (Lipinski definition) is 1. The quantitative estimate of drug-likeness (QED) is 0.155. The number of hydrogen-bond donors (Lipinski definition) is 0. The predicted molar refractivity (Wildman–Crippen MR) is 138 cm³/mol. The van der Waals surface area contributed by atoms with Crippen LogP contribution in [0, 0.1) is 0 Å². The lowest BCUT2D eigenvalue weighted by atomic mass is 9.87. The molecule has 0 heterocycles. The fourth-order valence-electron chi connectivity index (χ4n) is 3.36. The molecule has 0 saturated heterocycles. The topological polar surface area (TPSA) is 9.23 Å². The summed E-state index contributed by atoms with van der Waals surface area (Å²) in [6.45, 7) is 7.34. The van der Waals surface area contributed by atoms with Crippen molar-refractivity contribution in [1.82, 2.24) is 0 Å². The monoisotopic (exact) mass is 520 g/mol. The van der Waals surface area contributed by atoms with Crippen LogP contribution >= 0.6 is 15.9 Å². The van der Waals surface area contributed by atoms with Crippen molar-refractivity contribution >= 4 is 25.7 Å². The van der Waals surface area contributed by atoms with E-state index < -0.39 is 14.1 Å². The van der Waals surface area contributed by atoms with Crippen LogP contribution in [-0.2, 0) is 8.75 Å². The third-order valence-corrected chi connectivity index (χ3v) is 7.59. The van der Waals surface area contributed by atoms with E-state index in [0.717, 1.165) is 30.6 Å². The van der Waals surface area contributed by atoms with Crippen LogP contribution in [0.4, 0.5) is 8.78 Å². The van der Waals surface area contributed by atoms with Crippen molar-refractivity contribution in [2.75, 3.05) is 6.61 Å². The molecule has 0 spiro atoms. The van der Waals surface area contributed by atoms with Crippen molar-refractivity contribution in [2.45, 2.75) is 62.2 Å². The van der Waals surface area contributed by atoms with Crippen molar-refractivity contribution in [3.63, 3.8) is 0 Å². The molecule has 0 unspecified atom stereocenters. The Balaban J connectivity index is 1.90. The van der Waals surface area contributed by atoms with Crippen molar-refractivity contribution in [3.8, 4) is 0 Å². The Labute approximate surface area is 203 Å². The van der Waals surface area contributed by atoms with Crippen molar-refractivity contribution in [3.05, 3.63) is 95.6 Å². The van der Waals surface area contributed by atoms with Gasteiger partial charge in [0, 0.05) is 19.4 Å². The van der Waals surface area contributed by atoms with E-state index in [9.17, 15) is 8.78 Å². The standard InChI is InChI=1S/C27H35BrF2OSi/c1-26(2,3)32-31-20-12-6-11-17-24(29)18-19-25(30)21-27(28,22-13-7-4-8-14-22)23-15-9-5-10-16-23/h4-5,7-10,13-17,19H,6,11-12,18,20-21,32H2,1-3H3. The van der Waals surface area contributed by atoms with Gasteiger partial charge in [-0.2, -0.15) is 0 Å². The Kier molecular flexibility index (Phi) is 11.0. The van der Waals surface area contributed by atoms with Crippen molar-refractivity contribution in [2.24, 2.45) is 0 Å². The van der Waals surface area contributed by atoms with E-state index in [2.05, 4.69) is 36.7 Å². The van der Waals surface area contributed by atoms with E-state index in [0.29, 0.717) is 11.5 Å². The molecule has 1 nitrogen and oxygen atoms in total. The van der Waals surface area contributed by atoms with Crippen LogP contribution in [0.3, 0.4) is 0 Å². The third kappa shape index (κ3) is 9.51. The fraction of sp³-hybridized carbons (Fsp3) is 0.407. The van der Waals surface area contributed by atoms with Crippen LogP contribution in [-0.4, -0.2) is 16.4 Å². The van der Waals surface area contributed by atoms with Gasteiger partial charge >= 0.3 is 0 Å². The molecule has 0 fully saturated rings. The SMILES string of the molecule is CC(C)(C)[SiH2]OCCCCC=C(F)CC=C(F)CC(Br)(c1ccccc1)c1ccccc1. The van der Waals surface area contributed by atoms with Crippen LogP contribution in [0.2, 0.25) is 5.04 Å². The molecule has 0 amide bonds. The number of unbranched alkanes of at least 4 members (excludes halogenated alkanes) is 2. The molecule has 174 valence electrons. The zero-order valence-corrected chi connectivity index (χ0v) is 22.4. The summed E-state index contributed by atoms with van der Waals surface area (Å²) in [5, 5.41) is 0.302. The Bertz CT molecular complexity index is 821. The van der Waals surface area contributed by atoms with E-state index in [1.807, 2.05) is 60.7 Å². The normalized spacial score (nSPS) is 13.8. The molecule has 2 rings (SSSR count). The molecule has 2 aromatic rings. The summed E-state index contributed by atoms with van der Waals surface area (Å²) in [7, 11) is -0.514. The number of rotatable bonds is 12. The van der Waals surface area contributed by atoms with Gasteiger partial charge in [0.25, 0.3) is 0 Å². The van der Waals surface area contributed by atoms with Gasteiger partial charge in [0.15, 0.2) is 9.76 Å². The van der Waals surface area contributed by atoms with E-state index >= 15 is 0 Å². The average molecular weight is 522 g/mol. The molecule has 0 N–H and O–H groups in total. The van der Waals surface area contributed by atoms with E-state index in [4.69, 9.17) is 4.43 Å². The maximum atomic E-state index is 14.9. The van der Waals surface area contributed by atoms with E-state index in [1.54, 1.807) is 6.08 Å². The molecular weight excluding hydrogens is 486 g/mol. The highest BCUT2D eigenvalue weighted by Gasteiger charge is 2.32. The lowest BCUT2D eigenvalue weighted by Crippen LogP contribution is -2.20. The predicted octanol–water partition coefficient (Wildman–Crippen LogP) is 8.30. The maximum absolute atomic E-state index is 14.9. The minimum Gasteiger partial charge on any atom is -0.423 e. The van der Waals surface area contributed by atoms with Gasteiger partial charge in [-0.05, 0) is 41.5 Å². The van der Waals surface area contributed by atoms with Gasteiger partial charge in [-0.1, -0.05) is 103 Å². The molecule has 0 atom stereocenters. The molecule has 0 aliphatic carbocycles. The molecule has 2 aromatic carbocycles. The zero-order chi connectivity index (χ0) is 23.5. The second kappa shape index (κ2) is 13.2. The summed E-state index contributed by atoms with van der Waals surface area (Å²) in [4.78, 5) is 0. The summed E-state index contributed by atoms with van der Waals surface area (Å²) >= 11 is 3.80. The number of benzene rings is 2. The molecule has 0 radical (unpaired) electrons. The highest BCUT2D eigenvalue weighted by molar-refractivity contribution is 9.09. The first kappa shape index (κ1) is 26.7. The third-order valence-electron chi connectivity index (χ3n) is 5.04. The number of allylic oxidation sites excluding steroid dienone is 4. The van der Waals surface area contributed by atoms with Crippen LogP contribution in [0.15, 0.2) is 84.5 Å². The first-order valence-corrected chi connectivity index (χ1v) is 13.4. The van der Waals surface area contributed by atoms with Gasteiger partial charge in [0.2, 0.25) is 0 Å². The van der Waals surface area contributed by atoms with Gasteiger partial charge in [-0.25, -0.2) is 8.78 Å². The smallest absolute Gasteiger partial charge is 0.166 e. The lowest BCUT2D eigenvalue weighted by Gasteiger charge is -2.28. The Morgan fingerprint density at radius 2 is 1.44 bits per heavy atom. The van der Waals surface area contributed by atoms with Crippen molar-refractivity contribution in [1.29, 1.82) is 0 Å². The fourth-order valence-corrected chi connectivity index (χ4v) is 5.11. The molecule has 0 aromatic heterocycles. The second-order valence-corrected chi connectivity index (χ2v) is 13.5. The zero-order valence-electron chi connectivity index (χ0n) is 19.4. The number of alkyl halides is 1.